The molecule has 108 valence electrons. The Bertz CT molecular complexity index is 692. The molecule has 0 radical (unpaired) electrons. The first-order valence-electron chi connectivity index (χ1n) is 6.87. The summed E-state index contributed by atoms with van der Waals surface area (Å²) in [6.45, 7) is 3.67. The lowest BCUT2D eigenvalue weighted by Gasteiger charge is -2.15. The highest BCUT2D eigenvalue weighted by atomic mass is 16.2. The lowest BCUT2D eigenvalue weighted by molar-refractivity contribution is -0.118. The van der Waals surface area contributed by atoms with Crippen molar-refractivity contribution in [3.63, 3.8) is 0 Å². The Morgan fingerprint density at radius 3 is 2.38 bits per heavy atom. The minimum atomic E-state index is -0.476. The van der Waals surface area contributed by atoms with Crippen LogP contribution < -0.4 is 11.1 Å². The molecule has 1 aromatic carbocycles. The molecule has 0 atom stereocenters. The SMILES string of the molecule is Cc1nnc(NC(=O)C2(c3ccc(N)cc3)CC2)nc1C. The molecular weight excluding hydrogens is 266 g/mol. The van der Waals surface area contributed by atoms with Crippen LogP contribution in [-0.2, 0) is 10.2 Å². The topological polar surface area (TPSA) is 93.8 Å². The van der Waals surface area contributed by atoms with E-state index < -0.39 is 5.41 Å². The van der Waals surface area contributed by atoms with Crippen LogP contribution in [0.25, 0.3) is 0 Å². The van der Waals surface area contributed by atoms with Gasteiger partial charge in [-0.3, -0.25) is 10.1 Å². The number of nitrogen functional groups attached to an aromatic ring is 1. The van der Waals surface area contributed by atoms with Crippen molar-refractivity contribution in [3.05, 3.63) is 41.2 Å². The van der Waals surface area contributed by atoms with E-state index in [4.69, 9.17) is 5.73 Å². The van der Waals surface area contributed by atoms with E-state index in [-0.39, 0.29) is 11.9 Å². The first-order chi connectivity index (χ1) is 10.0. The average molecular weight is 283 g/mol. The van der Waals surface area contributed by atoms with Crippen LogP contribution in [-0.4, -0.2) is 21.1 Å². The number of carbonyl (C=O) groups is 1. The van der Waals surface area contributed by atoms with Crippen molar-refractivity contribution in [2.75, 3.05) is 11.1 Å². The second-order valence-electron chi connectivity index (χ2n) is 5.46. The second kappa shape index (κ2) is 4.80. The number of benzene rings is 1. The van der Waals surface area contributed by atoms with Gasteiger partial charge in [0, 0.05) is 5.69 Å². The summed E-state index contributed by atoms with van der Waals surface area (Å²) in [5, 5.41) is 10.7. The van der Waals surface area contributed by atoms with Crippen molar-refractivity contribution < 1.29 is 4.79 Å². The lowest BCUT2D eigenvalue weighted by atomic mass is 9.95. The Hall–Kier alpha value is -2.50. The molecule has 2 aromatic rings. The van der Waals surface area contributed by atoms with Crippen LogP contribution in [0.1, 0.15) is 29.8 Å². The Morgan fingerprint density at radius 2 is 1.81 bits per heavy atom. The van der Waals surface area contributed by atoms with E-state index in [1.165, 1.54) is 0 Å². The first-order valence-corrected chi connectivity index (χ1v) is 6.87. The van der Waals surface area contributed by atoms with Crippen molar-refractivity contribution in [1.29, 1.82) is 0 Å². The molecule has 0 spiro atoms. The van der Waals surface area contributed by atoms with E-state index in [9.17, 15) is 4.79 Å². The van der Waals surface area contributed by atoms with Crippen LogP contribution in [0.15, 0.2) is 24.3 Å². The molecule has 6 heteroatoms. The number of hydrogen-bond acceptors (Lipinski definition) is 5. The zero-order valence-electron chi connectivity index (χ0n) is 12.1. The number of nitrogens with one attached hydrogen (secondary N) is 1. The molecule has 0 bridgehead atoms. The molecule has 3 rings (SSSR count). The number of anilines is 2. The van der Waals surface area contributed by atoms with Crippen LogP contribution in [0, 0.1) is 13.8 Å². The third kappa shape index (κ3) is 2.44. The van der Waals surface area contributed by atoms with E-state index in [0.717, 1.165) is 29.8 Å². The van der Waals surface area contributed by atoms with Gasteiger partial charge in [-0.1, -0.05) is 12.1 Å². The second-order valence-corrected chi connectivity index (χ2v) is 5.46. The third-order valence-electron chi connectivity index (χ3n) is 3.97. The van der Waals surface area contributed by atoms with Gasteiger partial charge in [0.1, 0.15) is 0 Å². The molecular formula is C15H17N5O. The molecule has 1 heterocycles. The summed E-state index contributed by atoms with van der Waals surface area (Å²) >= 11 is 0. The number of carbonyl (C=O) groups excluding carboxylic acids is 1. The Balaban J connectivity index is 1.81. The maximum atomic E-state index is 12.5. The van der Waals surface area contributed by atoms with Crippen molar-refractivity contribution in [3.8, 4) is 0 Å². The van der Waals surface area contributed by atoms with E-state index in [1.54, 1.807) is 0 Å². The first kappa shape index (κ1) is 13.5. The highest BCUT2D eigenvalue weighted by Gasteiger charge is 2.51. The van der Waals surface area contributed by atoms with Crippen LogP contribution >= 0.6 is 0 Å². The van der Waals surface area contributed by atoms with Gasteiger partial charge in [0.25, 0.3) is 0 Å². The molecule has 0 aliphatic heterocycles. The quantitative estimate of drug-likeness (QED) is 0.837. The van der Waals surface area contributed by atoms with Crippen molar-refractivity contribution >= 4 is 17.5 Å². The molecule has 1 aliphatic carbocycles. The van der Waals surface area contributed by atoms with Gasteiger partial charge in [-0.25, -0.2) is 4.98 Å². The zero-order valence-corrected chi connectivity index (χ0v) is 12.1. The number of rotatable bonds is 3. The van der Waals surface area contributed by atoms with Crippen LogP contribution in [0.3, 0.4) is 0 Å². The van der Waals surface area contributed by atoms with E-state index >= 15 is 0 Å². The van der Waals surface area contributed by atoms with Gasteiger partial charge < -0.3 is 5.73 Å². The normalized spacial score (nSPS) is 15.5. The fraction of sp³-hybridized carbons (Fsp3) is 0.333. The minimum Gasteiger partial charge on any atom is -0.399 e. The zero-order chi connectivity index (χ0) is 15.0. The Kier molecular flexibility index (Phi) is 3.08. The average Bonchev–Trinajstić information content (AvgIpc) is 3.25. The number of aryl methyl sites for hydroxylation is 2. The molecule has 1 amide bonds. The van der Waals surface area contributed by atoms with Crippen molar-refractivity contribution in [2.45, 2.75) is 32.1 Å². The summed E-state index contributed by atoms with van der Waals surface area (Å²) in [5.74, 6) is 0.169. The molecule has 1 fully saturated rings. The predicted molar refractivity (Wildman–Crippen MR) is 79.7 cm³/mol. The van der Waals surface area contributed by atoms with Crippen LogP contribution in [0.4, 0.5) is 11.6 Å². The Labute approximate surface area is 122 Å². The van der Waals surface area contributed by atoms with Gasteiger partial charge in [-0.05, 0) is 44.4 Å². The molecule has 3 N–H and O–H groups in total. The number of nitrogens with two attached hydrogens (primary N) is 1. The fourth-order valence-corrected chi connectivity index (χ4v) is 2.30. The van der Waals surface area contributed by atoms with E-state index in [2.05, 4.69) is 20.5 Å². The molecule has 1 aromatic heterocycles. The maximum absolute atomic E-state index is 12.5. The van der Waals surface area contributed by atoms with Gasteiger partial charge in [0.05, 0.1) is 16.8 Å². The summed E-state index contributed by atoms with van der Waals surface area (Å²) in [6, 6.07) is 7.44. The summed E-state index contributed by atoms with van der Waals surface area (Å²) in [6.07, 6.45) is 1.64. The molecule has 6 nitrogen and oxygen atoms in total. The summed E-state index contributed by atoms with van der Waals surface area (Å²) in [5.41, 5.74) is 8.40. The molecule has 21 heavy (non-hydrogen) atoms. The largest absolute Gasteiger partial charge is 0.399 e. The summed E-state index contributed by atoms with van der Waals surface area (Å²) < 4.78 is 0. The van der Waals surface area contributed by atoms with E-state index in [0.29, 0.717) is 5.69 Å². The molecule has 0 saturated heterocycles. The monoisotopic (exact) mass is 283 g/mol. The lowest BCUT2D eigenvalue weighted by Crippen LogP contribution is -2.29. The number of nitrogens with zero attached hydrogens (tertiary/aromatic N) is 3. The highest BCUT2D eigenvalue weighted by molar-refractivity contribution is 6.00. The molecule has 0 unspecified atom stereocenters. The van der Waals surface area contributed by atoms with Gasteiger partial charge in [-0.15, -0.1) is 5.10 Å². The standard InChI is InChI=1S/C15H17N5O/c1-9-10(2)19-20-14(17-9)18-13(21)15(7-8-15)11-3-5-12(16)6-4-11/h3-6H,7-8,16H2,1-2H3,(H,17,18,20,21). The summed E-state index contributed by atoms with van der Waals surface area (Å²) in [4.78, 5) is 16.8. The van der Waals surface area contributed by atoms with Gasteiger partial charge in [-0.2, -0.15) is 5.10 Å². The predicted octanol–water partition coefficient (Wildman–Crippen LogP) is 1.74. The van der Waals surface area contributed by atoms with Gasteiger partial charge in [0.2, 0.25) is 11.9 Å². The maximum Gasteiger partial charge on any atom is 0.249 e. The number of aromatic nitrogens is 3. The molecule has 1 saturated carbocycles. The van der Waals surface area contributed by atoms with Gasteiger partial charge >= 0.3 is 0 Å². The van der Waals surface area contributed by atoms with Crippen LogP contribution in [0.2, 0.25) is 0 Å². The van der Waals surface area contributed by atoms with E-state index in [1.807, 2.05) is 38.1 Å². The van der Waals surface area contributed by atoms with Crippen molar-refractivity contribution in [1.82, 2.24) is 15.2 Å². The summed E-state index contributed by atoms with van der Waals surface area (Å²) in [7, 11) is 0. The minimum absolute atomic E-state index is 0.0858. The van der Waals surface area contributed by atoms with Crippen molar-refractivity contribution in [2.24, 2.45) is 0 Å². The van der Waals surface area contributed by atoms with Gasteiger partial charge in [0.15, 0.2) is 0 Å². The number of hydrogen-bond donors (Lipinski definition) is 2. The molecule has 1 aliphatic rings. The highest BCUT2D eigenvalue weighted by Crippen LogP contribution is 2.49. The fourth-order valence-electron chi connectivity index (χ4n) is 2.30. The third-order valence-corrected chi connectivity index (χ3v) is 3.97. The number of amides is 1. The smallest absolute Gasteiger partial charge is 0.249 e. The van der Waals surface area contributed by atoms with Crippen LogP contribution in [0.5, 0.6) is 0 Å². The Morgan fingerprint density at radius 1 is 1.14 bits per heavy atom.